The van der Waals surface area contributed by atoms with Gasteiger partial charge < -0.3 is 4.57 Å². The van der Waals surface area contributed by atoms with Crippen molar-refractivity contribution in [3.8, 4) is 6.07 Å². The van der Waals surface area contributed by atoms with Crippen LogP contribution in [0.15, 0.2) is 29.4 Å². The van der Waals surface area contributed by atoms with Crippen molar-refractivity contribution in [2.24, 2.45) is 0 Å². The number of benzene rings is 1. The lowest BCUT2D eigenvalue weighted by molar-refractivity contribution is 0.463. The summed E-state index contributed by atoms with van der Waals surface area (Å²) in [5, 5.41) is 19.0. The Morgan fingerprint density at radius 3 is 2.48 bits per heavy atom. The number of nitrogens with zero attached hydrogens (tertiary/aromatic N) is 4. The third-order valence-corrected chi connectivity index (χ3v) is 5.79. The largest absolute Gasteiger partial charge is 0.303 e. The van der Waals surface area contributed by atoms with Crippen molar-refractivity contribution in [3.63, 3.8) is 0 Å². The lowest BCUT2D eigenvalue weighted by Gasteiger charge is -2.16. The molecule has 0 aliphatic heterocycles. The molecule has 0 amide bonds. The quantitative estimate of drug-likeness (QED) is 0.763. The van der Waals surface area contributed by atoms with Gasteiger partial charge in [-0.2, -0.15) is 5.26 Å². The van der Waals surface area contributed by atoms with Crippen molar-refractivity contribution in [2.75, 3.05) is 0 Å². The Morgan fingerprint density at radius 2 is 1.83 bits per heavy atom. The van der Waals surface area contributed by atoms with Crippen LogP contribution in [-0.2, 0) is 5.75 Å². The molecule has 0 spiro atoms. The van der Waals surface area contributed by atoms with Gasteiger partial charge in [0.15, 0.2) is 5.16 Å². The van der Waals surface area contributed by atoms with E-state index in [4.69, 9.17) is 5.26 Å². The lowest BCUT2D eigenvalue weighted by Crippen LogP contribution is -2.10. The predicted molar refractivity (Wildman–Crippen MR) is 90.2 cm³/mol. The maximum atomic E-state index is 8.88. The molecule has 118 valence electrons. The van der Waals surface area contributed by atoms with Crippen LogP contribution < -0.4 is 0 Å². The minimum Gasteiger partial charge on any atom is -0.303 e. The van der Waals surface area contributed by atoms with E-state index < -0.39 is 0 Å². The Hall–Kier alpha value is -1.80. The van der Waals surface area contributed by atoms with Crippen molar-refractivity contribution in [1.82, 2.24) is 14.8 Å². The Kier molecular flexibility index (Phi) is 4.09. The molecular weight excluding hydrogens is 304 g/mol. The van der Waals surface area contributed by atoms with E-state index in [1.165, 1.54) is 49.9 Å². The highest BCUT2D eigenvalue weighted by molar-refractivity contribution is 7.98. The summed E-state index contributed by atoms with van der Waals surface area (Å²) >= 11 is 1.77. The molecule has 0 unspecified atom stereocenters. The first-order valence-corrected chi connectivity index (χ1v) is 9.40. The fourth-order valence-electron chi connectivity index (χ4n) is 3.34. The first kappa shape index (κ1) is 14.8. The molecule has 4 rings (SSSR count). The molecular formula is C18H20N4S. The number of thioether (sulfide) groups is 1. The van der Waals surface area contributed by atoms with E-state index in [-0.39, 0.29) is 0 Å². The summed E-state index contributed by atoms with van der Waals surface area (Å²) < 4.78 is 2.44. The van der Waals surface area contributed by atoms with Gasteiger partial charge in [0, 0.05) is 17.7 Å². The number of rotatable bonds is 5. The Labute approximate surface area is 140 Å². The lowest BCUT2D eigenvalue weighted by atomic mass is 10.2. The maximum Gasteiger partial charge on any atom is 0.191 e. The molecule has 5 heteroatoms. The summed E-state index contributed by atoms with van der Waals surface area (Å²) in [4.78, 5) is 0. The summed E-state index contributed by atoms with van der Waals surface area (Å²) in [6.07, 6.45) is 7.72. The molecule has 2 fully saturated rings. The fraction of sp³-hybridized carbons (Fsp3) is 0.500. The zero-order valence-electron chi connectivity index (χ0n) is 13.1. The second-order valence-electron chi connectivity index (χ2n) is 6.52. The highest BCUT2D eigenvalue weighted by Gasteiger charge is 2.33. The zero-order chi connectivity index (χ0) is 15.6. The SMILES string of the molecule is N#Cc1ccc(CSc2nnc(C3CC3)n2C2CCCC2)cc1. The second-order valence-corrected chi connectivity index (χ2v) is 7.46. The van der Waals surface area contributed by atoms with Gasteiger partial charge in [0.05, 0.1) is 11.6 Å². The van der Waals surface area contributed by atoms with E-state index in [0.29, 0.717) is 17.5 Å². The van der Waals surface area contributed by atoms with Crippen LogP contribution in [0, 0.1) is 11.3 Å². The Bertz CT molecular complexity index is 718. The normalized spacial score (nSPS) is 18.2. The molecule has 4 nitrogen and oxygen atoms in total. The topological polar surface area (TPSA) is 54.5 Å². The summed E-state index contributed by atoms with van der Waals surface area (Å²) in [5.41, 5.74) is 1.94. The van der Waals surface area contributed by atoms with Crippen LogP contribution in [0.1, 0.15) is 67.4 Å². The standard InChI is InChI=1S/C18H20N4S/c19-11-13-5-7-14(8-6-13)12-23-18-21-20-17(15-9-10-15)22(18)16-3-1-2-4-16/h5-8,15-16H,1-4,9-10,12H2. The molecule has 1 aromatic carbocycles. The summed E-state index contributed by atoms with van der Waals surface area (Å²) in [6.45, 7) is 0. The van der Waals surface area contributed by atoms with Crippen LogP contribution in [0.5, 0.6) is 0 Å². The monoisotopic (exact) mass is 324 g/mol. The molecule has 1 aromatic heterocycles. The molecule has 0 bridgehead atoms. The van der Waals surface area contributed by atoms with Gasteiger partial charge in [0.2, 0.25) is 0 Å². The van der Waals surface area contributed by atoms with E-state index >= 15 is 0 Å². The average molecular weight is 324 g/mol. The number of nitriles is 1. The van der Waals surface area contributed by atoms with Gasteiger partial charge in [-0.25, -0.2) is 0 Å². The van der Waals surface area contributed by atoms with Crippen molar-refractivity contribution in [2.45, 2.75) is 61.4 Å². The highest BCUT2D eigenvalue weighted by atomic mass is 32.2. The number of hydrogen-bond donors (Lipinski definition) is 0. The summed E-state index contributed by atoms with van der Waals surface area (Å²) in [7, 11) is 0. The van der Waals surface area contributed by atoms with Gasteiger partial charge in [-0.05, 0) is 43.4 Å². The first-order chi connectivity index (χ1) is 11.3. The molecule has 2 aliphatic rings. The van der Waals surface area contributed by atoms with E-state index in [2.05, 4.69) is 20.8 Å². The third kappa shape index (κ3) is 3.13. The van der Waals surface area contributed by atoms with Crippen LogP contribution in [0.2, 0.25) is 0 Å². The minimum absolute atomic E-state index is 0.601. The van der Waals surface area contributed by atoms with Crippen LogP contribution in [0.3, 0.4) is 0 Å². The van der Waals surface area contributed by atoms with E-state index in [1.807, 2.05) is 24.3 Å². The Balaban J connectivity index is 1.52. The molecule has 2 aliphatic carbocycles. The van der Waals surface area contributed by atoms with Crippen LogP contribution in [0.25, 0.3) is 0 Å². The average Bonchev–Trinajstić information content (AvgIpc) is 3.12. The molecule has 0 saturated heterocycles. The van der Waals surface area contributed by atoms with Gasteiger partial charge in [-0.3, -0.25) is 0 Å². The number of hydrogen-bond acceptors (Lipinski definition) is 4. The van der Waals surface area contributed by atoms with Crippen molar-refractivity contribution < 1.29 is 0 Å². The highest BCUT2D eigenvalue weighted by Crippen LogP contribution is 2.43. The molecule has 0 atom stereocenters. The van der Waals surface area contributed by atoms with Gasteiger partial charge in [0.1, 0.15) is 5.82 Å². The van der Waals surface area contributed by atoms with Gasteiger partial charge >= 0.3 is 0 Å². The van der Waals surface area contributed by atoms with E-state index in [9.17, 15) is 0 Å². The van der Waals surface area contributed by atoms with Crippen LogP contribution >= 0.6 is 11.8 Å². The van der Waals surface area contributed by atoms with Gasteiger partial charge in [-0.1, -0.05) is 36.7 Å². The molecule has 0 radical (unpaired) electrons. The van der Waals surface area contributed by atoms with Crippen molar-refractivity contribution in [3.05, 3.63) is 41.2 Å². The smallest absolute Gasteiger partial charge is 0.191 e. The zero-order valence-corrected chi connectivity index (χ0v) is 13.9. The fourth-order valence-corrected chi connectivity index (χ4v) is 4.30. The van der Waals surface area contributed by atoms with E-state index in [0.717, 1.165) is 10.9 Å². The summed E-state index contributed by atoms with van der Waals surface area (Å²) in [6, 6.07) is 10.6. The third-order valence-electron chi connectivity index (χ3n) is 4.77. The molecule has 2 saturated carbocycles. The summed E-state index contributed by atoms with van der Waals surface area (Å²) in [5.74, 6) is 2.74. The molecule has 0 N–H and O–H groups in total. The van der Waals surface area contributed by atoms with Crippen molar-refractivity contribution >= 4 is 11.8 Å². The van der Waals surface area contributed by atoms with Crippen molar-refractivity contribution in [1.29, 1.82) is 5.26 Å². The van der Waals surface area contributed by atoms with Gasteiger partial charge in [0.25, 0.3) is 0 Å². The maximum absolute atomic E-state index is 8.88. The molecule has 23 heavy (non-hydrogen) atoms. The minimum atomic E-state index is 0.601. The molecule has 1 heterocycles. The van der Waals surface area contributed by atoms with Gasteiger partial charge in [-0.15, -0.1) is 10.2 Å². The second kappa shape index (κ2) is 6.37. The Morgan fingerprint density at radius 1 is 1.09 bits per heavy atom. The van der Waals surface area contributed by atoms with Crippen LogP contribution in [0.4, 0.5) is 0 Å². The predicted octanol–water partition coefficient (Wildman–Crippen LogP) is 4.43. The van der Waals surface area contributed by atoms with E-state index in [1.54, 1.807) is 11.8 Å². The van der Waals surface area contributed by atoms with Crippen LogP contribution in [-0.4, -0.2) is 14.8 Å². The number of aromatic nitrogens is 3. The first-order valence-electron chi connectivity index (χ1n) is 8.42. The molecule has 2 aromatic rings.